The average molecular weight is 282 g/mol. The van der Waals surface area contributed by atoms with Crippen LogP contribution in [0.2, 0.25) is 0 Å². The van der Waals surface area contributed by atoms with E-state index < -0.39 is 24.5 Å². The van der Waals surface area contributed by atoms with Crippen molar-refractivity contribution >= 4 is 11.9 Å². The molecule has 0 fully saturated rings. The van der Waals surface area contributed by atoms with Crippen LogP contribution in [0.1, 0.15) is 12.8 Å². The first-order chi connectivity index (χ1) is 9.74. The minimum Gasteiger partial charge on any atom is -0.450 e. The zero-order valence-corrected chi connectivity index (χ0v) is 10.1. The number of hydrogen-bond donors (Lipinski definition) is 0. The molecule has 0 aromatic heterocycles. The smallest absolute Gasteiger partial charge is 0.394 e. The highest BCUT2D eigenvalue weighted by molar-refractivity contribution is 5.76. The second-order valence-electron chi connectivity index (χ2n) is 3.94. The Hall–Kier alpha value is -2.64. The lowest BCUT2D eigenvalue weighted by atomic mass is 10.1. The van der Waals surface area contributed by atoms with Crippen molar-refractivity contribution in [3.05, 3.63) is 36.6 Å². The molecule has 8 nitrogen and oxygen atoms in total. The topological polar surface area (TPSA) is 89.5 Å². The molecule has 0 amide bonds. The quantitative estimate of drug-likeness (QED) is 0.698. The fraction of sp³-hybridized carbons (Fsp3) is 0.333. The Labute approximate surface area is 113 Å². The van der Waals surface area contributed by atoms with Crippen molar-refractivity contribution in [2.75, 3.05) is 0 Å². The van der Waals surface area contributed by atoms with E-state index in [4.69, 9.17) is 28.4 Å². The van der Waals surface area contributed by atoms with Crippen LogP contribution in [-0.4, -0.2) is 24.5 Å². The molecule has 0 saturated carbocycles. The van der Waals surface area contributed by atoms with Crippen LogP contribution in [0.4, 0.5) is 0 Å². The molecule has 3 rings (SSSR count). The summed E-state index contributed by atoms with van der Waals surface area (Å²) in [6.45, 7) is 0. The number of hydrogen-bond acceptors (Lipinski definition) is 8. The summed E-state index contributed by atoms with van der Waals surface area (Å²) in [5.74, 6) is -0.886. The van der Waals surface area contributed by atoms with Gasteiger partial charge in [0.05, 0.1) is 0 Å². The van der Waals surface area contributed by atoms with Gasteiger partial charge in [-0.25, -0.2) is 9.59 Å². The van der Waals surface area contributed by atoms with Crippen molar-refractivity contribution in [2.45, 2.75) is 25.4 Å². The van der Waals surface area contributed by atoms with Crippen LogP contribution < -0.4 is 0 Å². The normalized spacial score (nSPS) is 20.6. The van der Waals surface area contributed by atoms with Gasteiger partial charge in [-0.1, -0.05) is 0 Å². The van der Waals surface area contributed by atoms with Crippen LogP contribution >= 0.6 is 0 Å². The lowest BCUT2D eigenvalue weighted by molar-refractivity contribution is -0.171. The van der Waals surface area contributed by atoms with Gasteiger partial charge in [0.25, 0.3) is 0 Å². The summed E-state index contributed by atoms with van der Waals surface area (Å²) in [4.78, 5) is 23.2. The Morgan fingerprint density at radius 2 is 1.15 bits per heavy atom. The van der Waals surface area contributed by atoms with Crippen molar-refractivity contribution < 1.29 is 38.0 Å². The Balaban J connectivity index is 1.53. The molecule has 0 N–H and O–H groups in total. The standard InChI is InChI=1S/C12H10O8/c13-9(11-15-3-4-16-11)19-7-1-2-8(7)20-10(14)12-17-5-6-18-12/h3-6,11-12H,1-2H2. The predicted octanol–water partition coefficient (Wildman–Crippen LogP) is 0.766. The lowest BCUT2D eigenvalue weighted by Gasteiger charge is -2.23. The third-order valence-electron chi connectivity index (χ3n) is 2.64. The number of rotatable bonds is 4. The van der Waals surface area contributed by atoms with Crippen LogP contribution in [0.25, 0.3) is 0 Å². The summed E-state index contributed by atoms with van der Waals surface area (Å²) in [6.07, 6.45) is 3.69. The van der Waals surface area contributed by atoms with Gasteiger partial charge in [-0.15, -0.1) is 0 Å². The fourth-order valence-corrected chi connectivity index (χ4v) is 1.58. The minimum absolute atomic E-state index is 0.272. The van der Waals surface area contributed by atoms with Gasteiger partial charge in [0.2, 0.25) is 0 Å². The summed E-state index contributed by atoms with van der Waals surface area (Å²) >= 11 is 0. The third kappa shape index (κ3) is 2.40. The molecular formula is C12H10O8. The molecule has 3 aliphatic rings. The monoisotopic (exact) mass is 282 g/mol. The first-order valence-electron chi connectivity index (χ1n) is 5.81. The van der Waals surface area contributed by atoms with E-state index >= 15 is 0 Å². The molecule has 0 aromatic carbocycles. The van der Waals surface area contributed by atoms with E-state index in [-0.39, 0.29) is 11.5 Å². The van der Waals surface area contributed by atoms with Crippen LogP contribution in [0.3, 0.4) is 0 Å². The molecule has 2 aliphatic heterocycles. The van der Waals surface area contributed by atoms with Crippen molar-refractivity contribution in [3.63, 3.8) is 0 Å². The van der Waals surface area contributed by atoms with Crippen LogP contribution in [0.5, 0.6) is 0 Å². The van der Waals surface area contributed by atoms with Crippen molar-refractivity contribution in [1.29, 1.82) is 0 Å². The summed E-state index contributed by atoms with van der Waals surface area (Å²) in [5, 5.41) is 0. The molecule has 0 unspecified atom stereocenters. The maximum Gasteiger partial charge on any atom is 0.394 e. The zero-order valence-electron chi connectivity index (χ0n) is 10.1. The van der Waals surface area contributed by atoms with E-state index in [1.807, 2.05) is 0 Å². The van der Waals surface area contributed by atoms with Gasteiger partial charge in [0.15, 0.2) is 0 Å². The first-order valence-corrected chi connectivity index (χ1v) is 5.81. The van der Waals surface area contributed by atoms with Crippen LogP contribution in [-0.2, 0) is 38.0 Å². The van der Waals surface area contributed by atoms with Crippen molar-refractivity contribution in [1.82, 2.24) is 0 Å². The predicted molar refractivity (Wildman–Crippen MR) is 58.6 cm³/mol. The maximum absolute atomic E-state index is 11.6. The van der Waals surface area contributed by atoms with Gasteiger partial charge in [-0.3, -0.25) is 0 Å². The van der Waals surface area contributed by atoms with Gasteiger partial charge < -0.3 is 28.4 Å². The van der Waals surface area contributed by atoms with E-state index in [1.54, 1.807) is 0 Å². The highest BCUT2D eigenvalue weighted by Gasteiger charge is 2.33. The highest BCUT2D eigenvalue weighted by atomic mass is 16.7. The van der Waals surface area contributed by atoms with Gasteiger partial charge in [0.1, 0.15) is 36.6 Å². The first kappa shape index (κ1) is 12.4. The minimum atomic E-state index is -1.12. The Kier molecular flexibility index (Phi) is 3.20. The number of allylic oxidation sites excluding steroid dienone is 2. The molecule has 2 heterocycles. The van der Waals surface area contributed by atoms with E-state index in [9.17, 15) is 9.59 Å². The third-order valence-corrected chi connectivity index (χ3v) is 2.64. The van der Waals surface area contributed by atoms with Gasteiger partial charge in [0, 0.05) is 12.8 Å². The van der Waals surface area contributed by atoms with Gasteiger partial charge >= 0.3 is 24.5 Å². The Bertz CT molecular complexity index is 456. The van der Waals surface area contributed by atoms with Gasteiger partial charge in [-0.05, 0) is 0 Å². The van der Waals surface area contributed by atoms with Crippen LogP contribution in [0, 0.1) is 0 Å². The average Bonchev–Trinajstić information content (AvgIpc) is 3.12. The molecular weight excluding hydrogens is 272 g/mol. The van der Waals surface area contributed by atoms with E-state index in [1.165, 1.54) is 25.0 Å². The Morgan fingerprint density at radius 3 is 1.45 bits per heavy atom. The lowest BCUT2D eigenvalue weighted by Crippen LogP contribution is -2.28. The summed E-state index contributed by atoms with van der Waals surface area (Å²) in [6, 6.07) is 0. The molecule has 0 bridgehead atoms. The molecule has 0 aromatic rings. The maximum atomic E-state index is 11.6. The number of carbonyl (C=O) groups is 2. The second kappa shape index (κ2) is 5.16. The molecule has 1 aliphatic carbocycles. The SMILES string of the molecule is O=C(OC1=C(OC(=O)C2OC=CO2)CC1)C1OC=CO1. The van der Waals surface area contributed by atoms with Crippen LogP contribution in [0.15, 0.2) is 36.6 Å². The molecule has 0 radical (unpaired) electrons. The van der Waals surface area contributed by atoms with Crippen molar-refractivity contribution in [3.8, 4) is 0 Å². The van der Waals surface area contributed by atoms with E-state index in [0.717, 1.165) is 0 Å². The molecule has 0 spiro atoms. The summed E-state index contributed by atoms with van der Waals surface area (Å²) in [5.41, 5.74) is 0. The zero-order chi connectivity index (χ0) is 13.9. The van der Waals surface area contributed by atoms with Gasteiger partial charge in [-0.2, -0.15) is 0 Å². The summed E-state index contributed by atoms with van der Waals surface area (Å²) in [7, 11) is 0. The molecule has 0 saturated heterocycles. The Morgan fingerprint density at radius 1 is 0.800 bits per heavy atom. The number of carbonyl (C=O) groups excluding carboxylic acids is 2. The fourth-order valence-electron chi connectivity index (χ4n) is 1.58. The van der Waals surface area contributed by atoms with Crippen molar-refractivity contribution in [2.24, 2.45) is 0 Å². The summed E-state index contributed by atoms with van der Waals surface area (Å²) < 4.78 is 29.3. The van der Waals surface area contributed by atoms with E-state index in [0.29, 0.717) is 12.8 Å². The highest BCUT2D eigenvalue weighted by Crippen LogP contribution is 2.31. The number of esters is 2. The number of ether oxygens (including phenoxy) is 6. The largest absolute Gasteiger partial charge is 0.450 e. The molecule has 0 atom stereocenters. The second-order valence-corrected chi connectivity index (χ2v) is 3.94. The molecule has 8 heteroatoms. The molecule has 20 heavy (non-hydrogen) atoms. The molecule has 106 valence electrons. The van der Waals surface area contributed by atoms with E-state index in [2.05, 4.69) is 0 Å².